The van der Waals surface area contributed by atoms with Crippen LogP contribution in [-0.2, 0) is 0 Å². The minimum absolute atomic E-state index is 0.746. The first-order valence-electron chi connectivity index (χ1n) is 7.92. The summed E-state index contributed by atoms with van der Waals surface area (Å²) in [6.07, 6.45) is 12.9. The number of hydrogen-bond donors (Lipinski definition) is 1. The van der Waals surface area contributed by atoms with E-state index >= 15 is 0 Å². The Bertz CT molecular complexity index is 172. The SMILES string of the molecule is CC(C)CCCCCCNC(C)CC1CCC1. The van der Waals surface area contributed by atoms with Gasteiger partial charge in [-0.15, -0.1) is 0 Å². The lowest BCUT2D eigenvalue weighted by Crippen LogP contribution is -2.30. The van der Waals surface area contributed by atoms with Crippen LogP contribution in [0.15, 0.2) is 0 Å². The van der Waals surface area contributed by atoms with E-state index in [0.29, 0.717) is 0 Å². The summed E-state index contributed by atoms with van der Waals surface area (Å²) >= 11 is 0. The average molecular weight is 239 g/mol. The van der Waals surface area contributed by atoms with Crippen molar-refractivity contribution in [2.24, 2.45) is 11.8 Å². The molecule has 0 aromatic heterocycles. The summed E-state index contributed by atoms with van der Waals surface area (Å²) in [5.74, 6) is 1.93. The molecule has 1 aliphatic carbocycles. The number of hydrogen-bond acceptors (Lipinski definition) is 1. The molecule has 1 aliphatic rings. The van der Waals surface area contributed by atoms with Crippen molar-refractivity contribution in [1.82, 2.24) is 5.32 Å². The van der Waals surface area contributed by atoms with E-state index < -0.39 is 0 Å². The molecular weight excluding hydrogens is 206 g/mol. The van der Waals surface area contributed by atoms with Crippen LogP contribution in [0, 0.1) is 11.8 Å². The van der Waals surface area contributed by atoms with Crippen LogP contribution in [0.1, 0.15) is 78.6 Å². The first-order chi connectivity index (χ1) is 8.18. The highest BCUT2D eigenvalue weighted by molar-refractivity contribution is 4.74. The molecule has 0 saturated heterocycles. The van der Waals surface area contributed by atoms with E-state index in [1.165, 1.54) is 64.3 Å². The molecule has 1 unspecified atom stereocenters. The van der Waals surface area contributed by atoms with Crippen LogP contribution in [0.5, 0.6) is 0 Å². The minimum Gasteiger partial charge on any atom is -0.314 e. The fraction of sp³-hybridized carbons (Fsp3) is 1.00. The van der Waals surface area contributed by atoms with Gasteiger partial charge in [0.2, 0.25) is 0 Å². The summed E-state index contributed by atoms with van der Waals surface area (Å²) in [5.41, 5.74) is 0. The summed E-state index contributed by atoms with van der Waals surface area (Å²) in [7, 11) is 0. The Kier molecular flexibility index (Phi) is 7.92. The molecule has 1 N–H and O–H groups in total. The first-order valence-corrected chi connectivity index (χ1v) is 7.92. The first kappa shape index (κ1) is 15.0. The zero-order valence-corrected chi connectivity index (χ0v) is 12.3. The van der Waals surface area contributed by atoms with Crippen molar-refractivity contribution in [3.05, 3.63) is 0 Å². The Labute approximate surface area is 109 Å². The molecule has 0 spiro atoms. The summed E-state index contributed by atoms with van der Waals surface area (Å²) in [6.45, 7) is 8.24. The number of unbranched alkanes of at least 4 members (excludes halogenated alkanes) is 3. The maximum Gasteiger partial charge on any atom is 0.00413 e. The van der Waals surface area contributed by atoms with Gasteiger partial charge >= 0.3 is 0 Å². The van der Waals surface area contributed by atoms with Crippen molar-refractivity contribution in [2.45, 2.75) is 84.6 Å². The van der Waals surface area contributed by atoms with E-state index in [9.17, 15) is 0 Å². The van der Waals surface area contributed by atoms with Gasteiger partial charge in [0.15, 0.2) is 0 Å². The van der Waals surface area contributed by atoms with Gasteiger partial charge in [0.25, 0.3) is 0 Å². The molecule has 1 heteroatoms. The van der Waals surface area contributed by atoms with E-state index in [4.69, 9.17) is 0 Å². The molecule has 1 nitrogen and oxygen atoms in total. The van der Waals surface area contributed by atoms with E-state index in [0.717, 1.165) is 17.9 Å². The lowest BCUT2D eigenvalue weighted by Gasteiger charge is -2.28. The van der Waals surface area contributed by atoms with Gasteiger partial charge in [-0.2, -0.15) is 0 Å². The average Bonchev–Trinajstić information content (AvgIpc) is 2.22. The van der Waals surface area contributed by atoms with Gasteiger partial charge in [0, 0.05) is 6.04 Å². The van der Waals surface area contributed by atoms with Crippen LogP contribution < -0.4 is 5.32 Å². The smallest absolute Gasteiger partial charge is 0.00413 e. The summed E-state index contributed by atoms with van der Waals surface area (Å²) in [5, 5.41) is 3.68. The normalized spacial score (nSPS) is 18.4. The lowest BCUT2D eigenvalue weighted by atomic mass is 9.81. The predicted octanol–water partition coefficient (Wildman–Crippen LogP) is 4.76. The zero-order valence-electron chi connectivity index (χ0n) is 12.3. The van der Waals surface area contributed by atoms with Crippen molar-refractivity contribution in [1.29, 1.82) is 0 Å². The van der Waals surface area contributed by atoms with Crippen LogP contribution in [-0.4, -0.2) is 12.6 Å². The maximum absolute atomic E-state index is 3.68. The van der Waals surface area contributed by atoms with Crippen LogP contribution in [0.2, 0.25) is 0 Å². The highest BCUT2D eigenvalue weighted by Crippen LogP contribution is 2.30. The molecule has 0 heterocycles. The molecule has 0 aromatic rings. The Morgan fingerprint density at radius 1 is 1.00 bits per heavy atom. The number of nitrogens with one attached hydrogen (secondary N) is 1. The van der Waals surface area contributed by atoms with Gasteiger partial charge in [-0.25, -0.2) is 0 Å². The summed E-state index contributed by atoms with van der Waals surface area (Å²) in [4.78, 5) is 0. The molecular formula is C16H33N. The van der Waals surface area contributed by atoms with Gasteiger partial charge in [0.05, 0.1) is 0 Å². The third kappa shape index (κ3) is 7.81. The summed E-state index contributed by atoms with van der Waals surface area (Å²) < 4.78 is 0. The Morgan fingerprint density at radius 3 is 2.29 bits per heavy atom. The van der Waals surface area contributed by atoms with Crippen LogP contribution in [0.25, 0.3) is 0 Å². The Morgan fingerprint density at radius 2 is 1.71 bits per heavy atom. The largest absolute Gasteiger partial charge is 0.314 e. The standard InChI is InChI=1S/C16H33N/c1-14(2)9-6-4-5-7-12-17-15(3)13-16-10-8-11-16/h14-17H,4-13H2,1-3H3. The lowest BCUT2D eigenvalue weighted by molar-refractivity contribution is 0.265. The Hall–Kier alpha value is -0.0400. The zero-order chi connectivity index (χ0) is 12.5. The van der Waals surface area contributed by atoms with Crippen molar-refractivity contribution in [2.75, 3.05) is 6.54 Å². The maximum atomic E-state index is 3.68. The van der Waals surface area contributed by atoms with Crippen LogP contribution >= 0.6 is 0 Å². The van der Waals surface area contributed by atoms with Gasteiger partial charge in [-0.3, -0.25) is 0 Å². The highest BCUT2D eigenvalue weighted by atomic mass is 14.9. The summed E-state index contributed by atoms with van der Waals surface area (Å²) in [6, 6.07) is 0.746. The second kappa shape index (κ2) is 8.97. The van der Waals surface area contributed by atoms with E-state index in [1.54, 1.807) is 0 Å². The molecule has 1 fully saturated rings. The fourth-order valence-corrected chi connectivity index (χ4v) is 2.69. The van der Waals surface area contributed by atoms with Crippen molar-refractivity contribution < 1.29 is 0 Å². The quantitative estimate of drug-likeness (QED) is 0.542. The molecule has 17 heavy (non-hydrogen) atoms. The Balaban J connectivity index is 1.79. The fourth-order valence-electron chi connectivity index (χ4n) is 2.69. The van der Waals surface area contributed by atoms with Gasteiger partial charge in [-0.05, 0) is 38.1 Å². The third-order valence-corrected chi connectivity index (χ3v) is 4.11. The second-order valence-corrected chi connectivity index (χ2v) is 6.48. The molecule has 0 amide bonds. The minimum atomic E-state index is 0.746. The molecule has 0 bridgehead atoms. The van der Waals surface area contributed by atoms with E-state index in [-0.39, 0.29) is 0 Å². The molecule has 0 radical (unpaired) electrons. The molecule has 1 atom stereocenters. The third-order valence-electron chi connectivity index (χ3n) is 4.11. The molecule has 102 valence electrons. The second-order valence-electron chi connectivity index (χ2n) is 6.48. The topological polar surface area (TPSA) is 12.0 Å². The number of rotatable bonds is 10. The van der Waals surface area contributed by atoms with Crippen LogP contribution in [0.3, 0.4) is 0 Å². The van der Waals surface area contributed by atoms with Gasteiger partial charge < -0.3 is 5.32 Å². The van der Waals surface area contributed by atoms with Gasteiger partial charge in [0.1, 0.15) is 0 Å². The van der Waals surface area contributed by atoms with Gasteiger partial charge in [-0.1, -0.05) is 58.8 Å². The molecule has 0 aromatic carbocycles. The van der Waals surface area contributed by atoms with Crippen molar-refractivity contribution in [3.63, 3.8) is 0 Å². The predicted molar refractivity (Wildman–Crippen MR) is 77.3 cm³/mol. The van der Waals surface area contributed by atoms with Crippen molar-refractivity contribution in [3.8, 4) is 0 Å². The van der Waals surface area contributed by atoms with Crippen molar-refractivity contribution >= 4 is 0 Å². The molecule has 1 saturated carbocycles. The van der Waals surface area contributed by atoms with Crippen LogP contribution in [0.4, 0.5) is 0 Å². The highest BCUT2D eigenvalue weighted by Gasteiger charge is 2.19. The van der Waals surface area contributed by atoms with E-state index in [2.05, 4.69) is 26.1 Å². The van der Waals surface area contributed by atoms with E-state index in [1.807, 2.05) is 0 Å². The molecule has 1 rings (SSSR count). The monoisotopic (exact) mass is 239 g/mol. The molecule has 0 aliphatic heterocycles.